The first-order valence-electron chi connectivity index (χ1n) is 6.77. The Balaban J connectivity index is 1.87. The van der Waals surface area contributed by atoms with E-state index in [1.165, 1.54) is 19.3 Å². The number of amides is 1. The molecule has 4 heteroatoms. The van der Waals surface area contributed by atoms with Crippen molar-refractivity contribution in [2.24, 2.45) is 5.73 Å². The number of hydrogen-bond acceptors (Lipinski definition) is 3. The topological polar surface area (TPSA) is 46.3 Å². The quantitative estimate of drug-likeness (QED) is 0.822. The Hall–Kier alpha value is -0.220. The Bertz CT molecular complexity index is 277. The predicted molar refractivity (Wildman–Crippen MR) is 73.1 cm³/mol. The van der Waals surface area contributed by atoms with Gasteiger partial charge in [-0.15, -0.1) is 0 Å². The van der Waals surface area contributed by atoms with Gasteiger partial charge in [-0.05, 0) is 12.8 Å². The summed E-state index contributed by atoms with van der Waals surface area (Å²) in [5.41, 5.74) is 6.14. The number of nitrogens with zero attached hydrogens (tertiary/aromatic N) is 1. The van der Waals surface area contributed by atoms with Gasteiger partial charge in [-0.1, -0.05) is 26.2 Å². The van der Waals surface area contributed by atoms with Crippen molar-refractivity contribution in [2.75, 3.05) is 18.8 Å². The molecule has 17 heavy (non-hydrogen) atoms. The Morgan fingerprint density at radius 3 is 2.76 bits per heavy atom. The van der Waals surface area contributed by atoms with Gasteiger partial charge in [-0.3, -0.25) is 4.79 Å². The molecular weight excluding hydrogens is 232 g/mol. The minimum Gasteiger partial charge on any atom is -0.341 e. The summed E-state index contributed by atoms with van der Waals surface area (Å²) < 4.78 is 0. The molecule has 2 rings (SSSR count). The molecule has 0 radical (unpaired) electrons. The van der Waals surface area contributed by atoms with Crippen LogP contribution in [0.1, 0.15) is 45.4 Å². The Labute approximate surface area is 108 Å². The van der Waals surface area contributed by atoms with Crippen LogP contribution in [-0.4, -0.2) is 40.4 Å². The summed E-state index contributed by atoms with van der Waals surface area (Å²) in [6.45, 7) is 4.01. The highest BCUT2D eigenvalue weighted by molar-refractivity contribution is 7.99. The maximum Gasteiger partial charge on any atom is 0.224 e. The first-order chi connectivity index (χ1) is 8.09. The molecule has 1 saturated carbocycles. The minimum absolute atomic E-state index is 0.205. The lowest BCUT2D eigenvalue weighted by molar-refractivity contribution is -0.132. The van der Waals surface area contributed by atoms with Crippen molar-refractivity contribution in [1.82, 2.24) is 4.90 Å². The van der Waals surface area contributed by atoms with Crippen LogP contribution in [0.15, 0.2) is 0 Å². The molecule has 1 saturated heterocycles. The Morgan fingerprint density at radius 2 is 2.12 bits per heavy atom. The van der Waals surface area contributed by atoms with Gasteiger partial charge >= 0.3 is 0 Å². The van der Waals surface area contributed by atoms with Gasteiger partial charge < -0.3 is 10.6 Å². The van der Waals surface area contributed by atoms with Gasteiger partial charge in [0.05, 0.1) is 0 Å². The first-order valence-corrected chi connectivity index (χ1v) is 7.82. The van der Waals surface area contributed by atoms with Crippen molar-refractivity contribution in [3.05, 3.63) is 0 Å². The third-order valence-corrected chi connectivity index (χ3v) is 5.08. The van der Waals surface area contributed by atoms with Crippen LogP contribution < -0.4 is 5.73 Å². The molecule has 1 atom stereocenters. The zero-order valence-electron chi connectivity index (χ0n) is 10.8. The van der Waals surface area contributed by atoms with E-state index in [0.717, 1.165) is 31.7 Å². The van der Waals surface area contributed by atoms with Crippen molar-refractivity contribution >= 4 is 17.7 Å². The minimum atomic E-state index is -0.205. The summed E-state index contributed by atoms with van der Waals surface area (Å²) in [5.74, 6) is 1.35. The second kappa shape index (κ2) is 5.61. The van der Waals surface area contributed by atoms with Crippen LogP contribution in [0.25, 0.3) is 0 Å². The fraction of sp³-hybridized carbons (Fsp3) is 0.923. The number of carbonyl (C=O) groups is 1. The fourth-order valence-corrected chi connectivity index (χ4v) is 3.90. The van der Waals surface area contributed by atoms with Crippen LogP contribution in [0, 0.1) is 0 Å². The van der Waals surface area contributed by atoms with Gasteiger partial charge in [0.15, 0.2) is 0 Å². The van der Waals surface area contributed by atoms with Crippen molar-refractivity contribution < 1.29 is 4.79 Å². The summed E-state index contributed by atoms with van der Waals surface area (Å²) in [7, 11) is 0. The summed E-state index contributed by atoms with van der Waals surface area (Å²) in [6.07, 6.45) is 6.27. The van der Waals surface area contributed by atoms with E-state index in [2.05, 4.69) is 6.92 Å². The Morgan fingerprint density at radius 1 is 1.41 bits per heavy atom. The molecule has 0 spiro atoms. The third kappa shape index (κ3) is 3.62. The van der Waals surface area contributed by atoms with Crippen LogP contribution in [0.5, 0.6) is 0 Å². The smallest absolute Gasteiger partial charge is 0.224 e. The van der Waals surface area contributed by atoms with Crippen LogP contribution in [0.3, 0.4) is 0 Å². The standard InChI is InChI=1S/C13H24N2OS/c1-11-10-15(7-8-17-11)12(16)9-13(14)5-3-2-4-6-13/h11H,2-10,14H2,1H3. The SMILES string of the molecule is CC1CN(C(=O)CC2(N)CCCCC2)CCS1. The number of hydrogen-bond donors (Lipinski definition) is 1. The largest absolute Gasteiger partial charge is 0.341 e. The van der Waals surface area contributed by atoms with Gasteiger partial charge in [0.1, 0.15) is 0 Å². The van der Waals surface area contributed by atoms with Gasteiger partial charge in [0, 0.05) is 36.1 Å². The second-order valence-corrected chi connectivity index (χ2v) is 7.17. The molecule has 0 aromatic heterocycles. The molecule has 1 unspecified atom stereocenters. The van der Waals surface area contributed by atoms with Crippen LogP contribution in [-0.2, 0) is 4.79 Å². The van der Waals surface area contributed by atoms with Crippen LogP contribution in [0.4, 0.5) is 0 Å². The van der Waals surface area contributed by atoms with E-state index in [0.29, 0.717) is 11.7 Å². The van der Waals surface area contributed by atoms with E-state index >= 15 is 0 Å². The lowest BCUT2D eigenvalue weighted by Gasteiger charge is -2.37. The van der Waals surface area contributed by atoms with Crippen LogP contribution in [0.2, 0.25) is 0 Å². The summed E-state index contributed by atoms with van der Waals surface area (Å²) in [5, 5.41) is 0.577. The summed E-state index contributed by atoms with van der Waals surface area (Å²) in [6, 6.07) is 0. The van der Waals surface area contributed by atoms with Crippen molar-refractivity contribution in [1.29, 1.82) is 0 Å². The monoisotopic (exact) mass is 256 g/mol. The molecule has 1 aliphatic heterocycles. The van der Waals surface area contributed by atoms with Gasteiger partial charge in [0.2, 0.25) is 5.91 Å². The molecule has 1 aliphatic carbocycles. The molecular formula is C13H24N2OS. The normalized spacial score (nSPS) is 29.1. The van der Waals surface area contributed by atoms with E-state index in [1.54, 1.807) is 0 Å². The molecule has 1 amide bonds. The van der Waals surface area contributed by atoms with Crippen LogP contribution >= 0.6 is 11.8 Å². The molecule has 3 nitrogen and oxygen atoms in total. The lowest BCUT2D eigenvalue weighted by atomic mass is 9.80. The first kappa shape index (κ1) is 13.2. The molecule has 0 aromatic rings. The second-order valence-electron chi connectivity index (χ2n) is 5.62. The van der Waals surface area contributed by atoms with Gasteiger partial charge in [-0.2, -0.15) is 11.8 Å². The number of carbonyl (C=O) groups excluding carboxylic acids is 1. The van der Waals surface area contributed by atoms with Crippen molar-refractivity contribution in [3.8, 4) is 0 Å². The Kier molecular flexibility index (Phi) is 4.36. The molecule has 2 aliphatic rings. The summed E-state index contributed by atoms with van der Waals surface area (Å²) >= 11 is 1.96. The van der Waals surface area contributed by atoms with E-state index in [1.807, 2.05) is 16.7 Å². The van der Waals surface area contributed by atoms with Gasteiger partial charge in [0.25, 0.3) is 0 Å². The molecule has 2 fully saturated rings. The predicted octanol–water partition coefficient (Wildman–Crippen LogP) is 2.00. The molecule has 2 N–H and O–H groups in total. The average Bonchev–Trinajstić information content (AvgIpc) is 2.29. The van der Waals surface area contributed by atoms with Crippen molar-refractivity contribution in [3.63, 3.8) is 0 Å². The number of nitrogens with two attached hydrogens (primary N) is 1. The highest BCUT2D eigenvalue weighted by Crippen LogP contribution is 2.30. The van der Waals surface area contributed by atoms with E-state index in [4.69, 9.17) is 5.73 Å². The maximum atomic E-state index is 12.3. The molecule has 1 heterocycles. The zero-order valence-corrected chi connectivity index (χ0v) is 11.6. The molecule has 0 aromatic carbocycles. The summed E-state index contributed by atoms with van der Waals surface area (Å²) in [4.78, 5) is 14.3. The number of thioether (sulfide) groups is 1. The molecule has 98 valence electrons. The maximum absolute atomic E-state index is 12.3. The average molecular weight is 256 g/mol. The number of rotatable bonds is 2. The highest BCUT2D eigenvalue weighted by atomic mass is 32.2. The van der Waals surface area contributed by atoms with Gasteiger partial charge in [-0.25, -0.2) is 0 Å². The van der Waals surface area contributed by atoms with E-state index in [9.17, 15) is 4.79 Å². The highest BCUT2D eigenvalue weighted by Gasteiger charge is 2.32. The lowest BCUT2D eigenvalue weighted by Crippen LogP contribution is -2.49. The molecule has 0 bridgehead atoms. The van der Waals surface area contributed by atoms with Crippen molar-refractivity contribution in [2.45, 2.75) is 56.2 Å². The third-order valence-electron chi connectivity index (χ3n) is 3.95. The van der Waals surface area contributed by atoms with E-state index < -0.39 is 0 Å². The fourth-order valence-electron chi connectivity index (χ4n) is 2.89. The van der Waals surface area contributed by atoms with E-state index in [-0.39, 0.29) is 11.4 Å². The zero-order chi connectivity index (χ0) is 12.3.